The van der Waals surface area contributed by atoms with Gasteiger partial charge in [0.1, 0.15) is 0 Å². The van der Waals surface area contributed by atoms with E-state index in [9.17, 15) is 18.0 Å². The van der Waals surface area contributed by atoms with Crippen molar-refractivity contribution >= 4 is 38.9 Å². The third kappa shape index (κ3) is 4.72. The summed E-state index contributed by atoms with van der Waals surface area (Å²) in [4.78, 5) is 24.6. The van der Waals surface area contributed by atoms with Crippen LogP contribution in [0.5, 0.6) is 0 Å². The first-order chi connectivity index (χ1) is 13.0. The summed E-state index contributed by atoms with van der Waals surface area (Å²) in [6, 6.07) is 17.2. The van der Waals surface area contributed by atoms with Gasteiger partial charge < -0.3 is 0 Å². The number of nitrogens with one attached hydrogen (secondary N) is 3. The van der Waals surface area contributed by atoms with Gasteiger partial charge in [0.2, 0.25) is 0 Å². The second-order valence-corrected chi connectivity index (χ2v) is 8.02. The van der Waals surface area contributed by atoms with Crippen LogP contribution in [-0.4, -0.2) is 20.2 Å². The fourth-order valence-corrected chi connectivity index (χ4v) is 3.88. The van der Waals surface area contributed by atoms with E-state index in [1.165, 1.54) is 41.7 Å². The lowest BCUT2D eigenvalue weighted by molar-refractivity contribution is 0.0849. The predicted octanol–water partition coefficient (Wildman–Crippen LogP) is 2.62. The molecule has 3 N–H and O–H groups in total. The number of benzene rings is 2. The summed E-state index contributed by atoms with van der Waals surface area (Å²) in [5.41, 5.74) is 5.03. The van der Waals surface area contributed by atoms with E-state index in [0.29, 0.717) is 4.88 Å². The highest BCUT2D eigenvalue weighted by molar-refractivity contribution is 7.92. The first kappa shape index (κ1) is 18.6. The third-order valence-corrected chi connectivity index (χ3v) is 5.73. The van der Waals surface area contributed by atoms with Gasteiger partial charge in [0.05, 0.1) is 9.77 Å². The van der Waals surface area contributed by atoms with Crippen molar-refractivity contribution in [3.05, 3.63) is 82.6 Å². The molecule has 1 aromatic heterocycles. The number of thiophene rings is 1. The van der Waals surface area contributed by atoms with E-state index in [0.717, 1.165) is 0 Å². The van der Waals surface area contributed by atoms with Crippen molar-refractivity contribution in [2.45, 2.75) is 4.90 Å². The van der Waals surface area contributed by atoms with E-state index in [4.69, 9.17) is 0 Å². The number of carbonyl (C=O) groups is 2. The molecule has 27 heavy (non-hydrogen) atoms. The van der Waals surface area contributed by atoms with Gasteiger partial charge in [0, 0.05) is 11.3 Å². The molecule has 7 nitrogen and oxygen atoms in total. The summed E-state index contributed by atoms with van der Waals surface area (Å²) in [5.74, 6) is -1.00. The van der Waals surface area contributed by atoms with Gasteiger partial charge >= 0.3 is 0 Å². The van der Waals surface area contributed by atoms with E-state index in [1.54, 1.807) is 41.8 Å². The van der Waals surface area contributed by atoms with Gasteiger partial charge in [-0.2, -0.15) is 0 Å². The molecule has 138 valence electrons. The standard InChI is InChI=1S/C18H15N3O4S2/c22-17(19-20-18(23)16-10-5-11-26-16)13-6-4-7-14(12-13)21-27(24,25)15-8-2-1-3-9-15/h1-12,21H,(H,19,22)(H,20,23). The van der Waals surface area contributed by atoms with Crippen LogP contribution in [-0.2, 0) is 10.0 Å². The largest absolute Gasteiger partial charge is 0.280 e. The molecule has 0 saturated carbocycles. The smallest absolute Gasteiger partial charge is 0.279 e. The molecular formula is C18H15N3O4S2. The zero-order valence-electron chi connectivity index (χ0n) is 13.9. The molecule has 0 aliphatic carbocycles. The summed E-state index contributed by atoms with van der Waals surface area (Å²) < 4.78 is 27.1. The third-order valence-electron chi connectivity index (χ3n) is 3.47. The maximum absolute atomic E-state index is 12.4. The first-order valence-corrected chi connectivity index (χ1v) is 10.1. The zero-order valence-corrected chi connectivity index (χ0v) is 15.5. The molecule has 0 fully saturated rings. The summed E-state index contributed by atoms with van der Waals surface area (Å²) in [6.07, 6.45) is 0. The normalized spacial score (nSPS) is 10.8. The van der Waals surface area contributed by atoms with Gasteiger partial charge in [0.25, 0.3) is 21.8 Å². The Kier molecular flexibility index (Phi) is 5.53. The molecule has 0 atom stereocenters. The topological polar surface area (TPSA) is 104 Å². The van der Waals surface area contributed by atoms with Crippen molar-refractivity contribution in [1.29, 1.82) is 0 Å². The lowest BCUT2D eigenvalue weighted by Gasteiger charge is -2.10. The zero-order chi connectivity index (χ0) is 19.3. The van der Waals surface area contributed by atoms with E-state index < -0.39 is 21.8 Å². The molecule has 0 aliphatic rings. The van der Waals surface area contributed by atoms with E-state index in [2.05, 4.69) is 15.6 Å². The van der Waals surface area contributed by atoms with E-state index in [1.807, 2.05) is 0 Å². The molecular weight excluding hydrogens is 386 g/mol. The number of amides is 2. The van der Waals surface area contributed by atoms with Crippen LogP contribution in [0.25, 0.3) is 0 Å². The average Bonchev–Trinajstić information content (AvgIpc) is 3.21. The minimum Gasteiger partial charge on any atom is -0.280 e. The van der Waals surface area contributed by atoms with Gasteiger partial charge in [-0.25, -0.2) is 8.42 Å². The van der Waals surface area contributed by atoms with Crippen molar-refractivity contribution in [1.82, 2.24) is 10.9 Å². The summed E-state index contributed by atoms with van der Waals surface area (Å²) in [6.45, 7) is 0. The maximum atomic E-state index is 12.4. The van der Waals surface area contributed by atoms with Crippen molar-refractivity contribution in [2.75, 3.05) is 4.72 Å². The molecule has 9 heteroatoms. The SMILES string of the molecule is O=C(NNC(=O)c1cccs1)c1cccc(NS(=O)(=O)c2ccccc2)c1. The van der Waals surface area contributed by atoms with Gasteiger partial charge in [-0.15, -0.1) is 11.3 Å². The molecule has 0 spiro atoms. The molecule has 0 aliphatic heterocycles. The Hall–Kier alpha value is -3.17. The Morgan fingerprint density at radius 2 is 1.56 bits per heavy atom. The Labute approximate surface area is 160 Å². The maximum Gasteiger partial charge on any atom is 0.279 e. The van der Waals surface area contributed by atoms with Crippen LogP contribution in [0.15, 0.2) is 77.0 Å². The quantitative estimate of drug-likeness (QED) is 0.572. The number of hydrogen-bond donors (Lipinski definition) is 3. The molecule has 0 bridgehead atoms. The second kappa shape index (κ2) is 8.02. The van der Waals surface area contributed by atoms with Crippen molar-refractivity contribution in [2.24, 2.45) is 0 Å². The molecule has 0 radical (unpaired) electrons. The van der Waals surface area contributed by atoms with E-state index in [-0.39, 0.29) is 16.1 Å². The van der Waals surface area contributed by atoms with Crippen LogP contribution < -0.4 is 15.6 Å². The Morgan fingerprint density at radius 1 is 0.815 bits per heavy atom. The van der Waals surface area contributed by atoms with Gasteiger partial charge in [0.15, 0.2) is 0 Å². The minimum atomic E-state index is -3.76. The Balaban J connectivity index is 1.68. The van der Waals surface area contributed by atoms with Crippen molar-refractivity contribution in [3.63, 3.8) is 0 Å². The van der Waals surface area contributed by atoms with Gasteiger partial charge in [-0.1, -0.05) is 30.3 Å². The molecule has 3 rings (SSSR count). The molecule has 1 heterocycles. The van der Waals surface area contributed by atoms with Crippen LogP contribution in [0.4, 0.5) is 5.69 Å². The highest BCUT2D eigenvalue weighted by Gasteiger charge is 2.15. The molecule has 0 unspecified atom stereocenters. The average molecular weight is 401 g/mol. The fourth-order valence-electron chi connectivity index (χ4n) is 2.19. The van der Waals surface area contributed by atoms with Gasteiger partial charge in [-0.05, 0) is 41.8 Å². The Bertz CT molecular complexity index is 1050. The van der Waals surface area contributed by atoms with Crippen molar-refractivity contribution < 1.29 is 18.0 Å². The lowest BCUT2D eigenvalue weighted by atomic mass is 10.2. The highest BCUT2D eigenvalue weighted by atomic mass is 32.2. The summed E-state index contributed by atoms with van der Waals surface area (Å²) in [7, 11) is -3.76. The molecule has 2 aromatic carbocycles. The number of hydrazine groups is 1. The first-order valence-electron chi connectivity index (χ1n) is 7.78. The Morgan fingerprint density at radius 3 is 2.26 bits per heavy atom. The van der Waals surface area contributed by atoms with Crippen LogP contribution in [0, 0.1) is 0 Å². The van der Waals surface area contributed by atoms with Crippen LogP contribution in [0.2, 0.25) is 0 Å². The number of carbonyl (C=O) groups excluding carboxylic acids is 2. The second-order valence-electron chi connectivity index (χ2n) is 5.38. The van der Waals surface area contributed by atoms with Gasteiger partial charge in [-0.3, -0.25) is 25.2 Å². The summed E-state index contributed by atoms with van der Waals surface area (Å²) in [5, 5.41) is 1.75. The highest BCUT2D eigenvalue weighted by Crippen LogP contribution is 2.17. The predicted molar refractivity (Wildman–Crippen MR) is 103 cm³/mol. The number of hydrogen-bond acceptors (Lipinski definition) is 5. The van der Waals surface area contributed by atoms with Crippen LogP contribution in [0.1, 0.15) is 20.0 Å². The number of sulfonamides is 1. The fraction of sp³-hybridized carbons (Fsp3) is 0. The summed E-state index contributed by atoms with van der Waals surface area (Å²) >= 11 is 1.25. The minimum absolute atomic E-state index is 0.114. The van der Waals surface area contributed by atoms with E-state index >= 15 is 0 Å². The van der Waals surface area contributed by atoms with Crippen LogP contribution in [0.3, 0.4) is 0 Å². The molecule has 3 aromatic rings. The van der Waals surface area contributed by atoms with Crippen molar-refractivity contribution in [3.8, 4) is 0 Å². The monoisotopic (exact) mass is 401 g/mol. The van der Waals surface area contributed by atoms with Crippen LogP contribution >= 0.6 is 11.3 Å². The lowest BCUT2D eigenvalue weighted by Crippen LogP contribution is -2.41. The number of anilines is 1. The molecule has 0 saturated heterocycles. The number of rotatable bonds is 5. The molecule has 2 amide bonds.